The molecule has 0 aliphatic heterocycles. The molecule has 0 unspecified atom stereocenters. The minimum absolute atomic E-state index is 0.212. The fraction of sp³-hybridized carbons (Fsp3) is 0.263. The van der Waals surface area contributed by atoms with Crippen molar-refractivity contribution in [2.45, 2.75) is 26.3 Å². The first-order valence-electron chi connectivity index (χ1n) is 7.45. The van der Waals surface area contributed by atoms with Crippen LogP contribution in [0.25, 0.3) is 0 Å². The number of carbonyl (C=O) groups is 1. The molecule has 1 aromatic carbocycles. The third kappa shape index (κ3) is 4.82. The topological polar surface area (TPSA) is 42.4 Å². The Labute approximate surface area is 141 Å². The van der Waals surface area contributed by atoms with Gasteiger partial charge in [0.05, 0.1) is 0 Å². The van der Waals surface area contributed by atoms with E-state index in [0.717, 1.165) is 0 Å². The first-order chi connectivity index (χ1) is 11.3. The molecular formula is C19H19FN2O2. The number of aromatic nitrogens is 1. The van der Waals surface area contributed by atoms with E-state index in [4.69, 9.17) is 4.74 Å². The van der Waals surface area contributed by atoms with Gasteiger partial charge >= 0.3 is 6.09 Å². The van der Waals surface area contributed by atoms with Crippen LogP contribution < -0.4 is 4.74 Å². The number of carbonyl (C=O) groups excluding carboxylic acids is 1. The molecule has 0 aliphatic carbocycles. The summed E-state index contributed by atoms with van der Waals surface area (Å²) in [6.45, 7) is 5.74. The van der Waals surface area contributed by atoms with Gasteiger partial charge in [0.1, 0.15) is 5.82 Å². The monoisotopic (exact) mass is 326 g/mol. The van der Waals surface area contributed by atoms with Gasteiger partial charge in [0.25, 0.3) is 0 Å². The van der Waals surface area contributed by atoms with Crippen LogP contribution in [-0.4, -0.2) is 28.6 Å². The van der Waals surface area contributed by atoms with Gasteiger partial charge in [-0.25, -0.2) is 14.2 Å². The maximum absolute atomic E-state index is 12.8. The highest BCUT2D eigenvalue weighted by molar-refractivity contribution is 5.70. The summed E-state index contributed by atoms with van der Waals surface area (Å²) >= 11 is 0. The Morgan fingerprint density at radius 3 is 2.21 bits per heavy atom. The molecule has 0 atom stereocenters. The number of nitrogens with zero attached hydrogens (tertiary/aromatic N) is 2. The zero-order valence-corrected chi connectivity index (χ0v) is 14.1. The fourth-order valence-corrected chi connectivity index (χ4v) is 1.62. The van der Waals surface area contributed by atoms with Crippen LogP contribution in [0.4, 0.5) is 9.18 Å². The van der Waals surface area contributed by atoms with E-state index in [1.807, 2.05) is 20.8 Å². The van der Waals surface area contributed by atoms with Crippen molar-refractivity contribution in [2.24, 2.45) is 0 Å². The van der Waals surface area contributed by atoms with Crippen molar-refractivity contribution in [3.8, 4) is 17.7 Å². The second-order valence-corrected chi connectivity index (χ2v) is 6.24. The Balaban J connectivity index is 2.03. The SMILES string of the molecule is CN(C(=O)Oc1ccc(C#Cc2ccc(F)cc2)cn1)C(C)(C)C. The summed E-state index contributed by atoms with van der Waals surface area (Å²) in [7, 11) is 1.67. The van der Waals surface area contributed by atoms with Crippen LogP contribution in [0.15, 0.2) is 42.6 Å². The molecule has 0 aliphatic rings. The van der Waals surface area contributed by atoms with Crippen molar-refractivity contribution >= 4 is 6.09 Å². The predicted molar refractivity (Wildman–Crippen MR) is 90.2 cm³/mol. The van der Waals surface area contributed by atoms with Crippen LogP contribution >= 0.6 is 0 Å². The number of hydrogen-bond donors (Lipinski definition) is 0. The Hall–Kier alpha value is -2.87. The van der Waals surface area contributed by atoms with Crippen LogP contribution in [0.3, 0.4) is 0 Å². The van der Waals surface area contributed by atoms with Gasteiger partial charge in [-0.3, -0.25) is 0 Å². The van der Waals surface area contributed by atoms with Gasteiger partial charge in [-0.05, 0) is 51.1 Å². The van der Waals surface area contributed by atoms with Crippen LogP contribution in [0.2, 0.25) is 0 Å². The summed E-state index contributed by atoms with van der Waals surface area (Å²) in [4.78, 5) is 17.6. The van der Waals surface area contributed by atoms with Crippen molar-refractivity contribution in [3.63, 3.8) is 0 Å². The van der Waals surface area contributed by atoms with Gasteiger partial charge in [-0.15, -0.1) is 0 Å². The largest absolute Gasteiger partial charge is 0.416 e. The number of rotatable bonds is 1. The molecular weight excluding hydrogens is 307 g/mol. The minimum atomic E-state index is -0.472. The van der Waals surface area contributed by atoms with Crippen LogP contribution in [0.5, 0.6) is 5.88 Å². The van der Waals surface area contributed by atoms with Gasteiger partial charge in [0.2, 0.25) is 5.88 Å². The fourth-order valence-electron chi connectivity index (χ4n) is 1.62. The molecule has 1 aromatic heterocycles. The molecule has 124 valence electrons. The van der Waals surface area contributed by atoms with Crippen molar-refractivity contribution in [3.05, 3.63) is 59.5 Å². The first-order valence-corrected chi connectivity index (χ1v) is 7.45. The van der Waals surface area contributed by atoms with Crippen LogP contribution in [-0.2, 0) is 0 Å². The molecule has 4 nitrogen and oxygen atoms in total. The summed E-state index contributed by atoms with van der Waals surface area (Å²) < 4.78 is 18.0. The summed E-state index contributed by atoms with van der Waals surface area (Å²) in [5.74, 6) is 5.75. The van der Waals surface area contributed by atoms with Crippen molar-refractivity contribution < 1.29 is 13.9 Å². The Bertz CT molecular complexity index is 766. The van der Waals surface area contributed by atoms with E-state index in [2.05, 4.69) is 16.8 Å². The van der Waals surface area contributed by atoms with Crippen molar-refractivity contribution in [1.29, 1.82) is 0 Å². The maximum Gasteiger partial charge on any atom is 0.416 e. The van der Waals surface area contributed by atoms with E-state index in [1.165, 1.54) is 23.2 Å². The smallest absolute Gasteiger partial charge is 0.391 e. The molecule has 0 radical (unpaired) electrons. The lowest BCUT2D eigenvalue weighted by Crippen LogP contribution is -2.44. The number of ether oxygens (including phenoxy) is 1. The number of benzene rings is 1. The molecule has 1 heterocycles. The highest BCUT2D eigenvalue weighted by atomic mass is 19.1. The first kappa shape index (κ1) is 17.5. The number of hydrogen-bond acceptors (Lipinski definition) is 3. The Kier molecular flexibility index (Phi) is 5.20. The zero-order valence-electron chi connectivity index (χ0n) is 14.1. The summed E-state index contributed by atoms with van der Waals surface area (Å²) in [6, 6.07) is 9.22. The van der Waals surface area contributed by atoms with Gasteiger partial charge in [0, 0.05) is 36.0 Å². The van der Waals surface area contributed by atoms with Gasteiger partial charge in [0.15, 0.2) is 0 Å². The highest BCUT2D eigenvalue weighted by Gasteiger charge is 2.24. The Morgan fingerprint density at radius 1 is 1.08 bits per heavy atom. The number of pyridine rings is 1. The molecule has 5 heteroatoms. The van der Waals surface area contributed by atoms with E-state index in [-0.39, 0.29) is 17.2 Å². The van der Waals surface area contributed by atoms with E-state index in [9.17, 15) is 9.18 Å². The van der Waals surface area contributed by atoms with E-state index in [0.29, 0.717) is 11.1 Å². The van der Waals surface area contributed by atoms with Gasteiger partial charge < -0.3 is 9.64 Å². The molecule has 2 aromatic rings. The number of amides is 1. The second kappa shape index (κ2) is 7.14. The minimum Gasteiger partial charge on any atom is -0.391 e. The Morgan fingerprint density at radius 2 is 1.67 bits per heavy atom. The maximum atomic E-state index is 12.8. The van der Waals surface area contributed by atoms with Crippen molar-refractivity contribution in [1.82, 2.24) is 9.88 Å². The summed E-state index contributed by atoms with van der Waals surface area (Å²) in [5.41, 5.74) is 1.04. The third-order valence-corrected chi connectivity index (χ3v) is 3.40. The summed E-state index contributed by atoms with van der Waals surface area (Å²) in [6.07, 6.45) is 1.05. The average Bonchev–Trinajstić information content (AvgIpc) is 2.54. The van der Waals surface area contributed by atoms with Gasteiger partial charge in [-0.2, -0.15) is 0 Å². The third-order valence-electron chi connectivity index (χ3n) is 3.40. The molecule has 2 rings (SSSR count). The molecule has 0 saturated carbocycles. The molecule has 0 N–H and O–H groups in total. The molecule has 0 fully saturated rings. The normalized spacial score (nSPS) is 10.5. The number of halogens is 1. The molecule has 1 amide bonds. The van der Waals surface area contributed by atoms with Crippen molar-refractivity contribution in [2.75, 3.05) is 7.05 Å². The lowest BCUT2D eigenvalue weighted by atomic mass is 10.1. The van der Waals surface area contributed by atoms with E-state index >= 15 is 0 Å². The zero-order chi connectivity index (χ0) is 17.7. The molecule has 0 saturated heterocycles. The lowest BCUT2D eigenvalue weighted by Gasteiger charge is -2.30. The van der Waals surface area contributed by atoms with Gasteiger partial charge in [-0.1, -0.05) is 11.8 Å². The second-order valence-electron chi connectivity index (χ2n) is 6.24. The highest BCUT2D eigenvalue weighted by Crippen LogP contribution is 2.14. The van der Waals surface area contributed by atoms with E-state index in [1.54, 1.807) is 31.3 Å². The lowest BCUT2D eigenvalue weighted by molar-refractivity contribution is 0.123. The molecule has 0 spiro atoms. The summed E-state index contributed by atoms with van der Waals surface area (Å²) in [5, 5.41) is 0. The van der Waals surface area contributed by atoms with Crippen LogP contribution in [0.1, 0.15) is 31.9 Å². The van der Waals surface area contributed by atoms with E-state index < -0.39 is 6.09 Å². The molecule has 0 bridgehead atoms. The average molecular weight is 326 g/mol. The standard InChI is InChI=1S/C19H19FN2O2/c1-19(2,3)22(4)18(23)24-17-12-9-15(13-21-17)6-5-14-7-10-16(20)11-8-14/h7-13H,1-4H3. The molecule has 24 heavy (non-hydrogen) atoms. The predicted octanol–water partition coefficient (Wildman–Crippen LogP) is 3.85. The van der Waals surface area contributed by atoms with Crippen LogP contribution in [0, 0.1) is 17.7 Å². The quantitative estimate of drug-likeness (QED) is 0.748.